The third kappa shape index (κ3) is 2.05. The molecule has 1 rings (SSSR count). The molecule has 0 aliphatic heterocycles. The molecule has 1 heteroatoms. The second-order valence-corrected chi connectivity index (χ2v) is 3.18. The fraction of sp³-hybridized carbons (Fsp3) is 0.400. The van der Waals surface area contributed by atoms with Crippen molar-refractivity contribution >= 4 is 0 Å². The first kappa shape index (κ1) is 8.28. The summed E-state index contributed by atoms with van der Waals surface area (Å²) in [7, 11) is 0. The molecule has 0 aromatic heterocycles. The van der Waals surface area contributed by atoms with Crippen LogP contribution in [-0.4, -0.2) is 0 Å². The minimum atomic E-state index is 0.177. The lowest BCUT2D eigenvalue weighted by Gasteiger charge is -2.15. The van der Waals surface area contributed by atoms with Crippen LogP contribution >= 0.6 is 0 Å². The molecule has 1 aromatic rings. The highest BCUT2D eigenvalue weighted by Crippen LogP contribution is 2.17. The zero-order valence-corrected chi connectivity index (χ0v) is 7.12. The Labute approximate surface area is 68.2 Å². The molecule has 0 radical (unpaired) electrons. The van der Waals surface area contributed by atoms with E-state index in [1.807, 2.05) is 18.2 Å². The van der Waals surface area contributed by atoms with Gasteiger partial charge in [-0.05, 0) is 11.5 Å². The third-order valence-electron chi connectivity index (χ3n) is 1.90. The van der Waals surface area contributed by atoms with E-state index < -0.39 is 0 Å². The van der Waals surface area contributed by atoms with E-state index in [0.717, 1.165) is 0 Å². The van der Waals surface area contributed by atoms with E-state index in [1.54, 1.807) is 0 Å². The summed E-state index contributed by atoms with van der Waals surface area (Å²) in [6.45, 7) is 4.27. The molecule has 0 fully saturated rings. The van der Waals surface area contributed by atoms with Crippen molar-refractivity contribution in [3.8, 4) is 0 Å². The number of hydrogen-bond acceptors (Lipinski definition) is 1. The highest BCUT2D eigenvalue weighted by molar-refractivity contribution is 5.18. The minimum Gasteiger partial charge on any atom is -0.324 e. The fourth-order valence-electron chi connectivity index (χ4n) is 1.06. The Kier molecular flexibility index (Phi) is 2.66. The Bertz CT molecular complexity index is 203. The number of nitrogens with two attached hydrogens (primary N) is 1. The lowest BCUT2D eigenvalue weighted by Crippen LogP contribution is -2.16. The third-order valence-corrected chi connectivity index (χ3v) is 1.90. The molecule has 0 saturated heterocycles. The maximum Gasteiger partial charge on any atom is 0.0318 e. The largest absolute Gasteiger partial charge is 0.324 e. The van der Waals surface area contributed by atoms with Crippen LogP contribution in [0.15, 0.2) is 30.3 Å². The standard InChI is InChI=1S/C10H15N/c1-8(2)10(11)9-6-4-3-5-7-9/h3-8,10H,11H2,1-2H3/t10-/m1/s1. The molecule has 60 valence electrons. The fourth-order valence-corrected chi connectivity index (χ4v) is 1.06. The van der Waals surface area contributed by atoms with E-state index in [1.165, 1.54) is 5.56 Å². The summed E-state index contributed by atoms with van der Waals surface area (Å²) in [6, 6.07) is 10.4. The molecular weight excluding hydrogens is 134 g/mol. The average Bonchev–Trinajstić information content (AvgIpc) is 2.05. The van der Waals surface area contributed by atoms with E-state index in [9.17, 15) is 0 Å². The highest BCUT2D eigenvalue weighted by Gasteiger charge is 2.08. The zero-order valence-electron chi connectivity index (χ0n) is 7.12. The second-order valence-electron chi connectivity index (χ2n) is 3.18. The zero-order chi connectivity index (χ0) is 8.27. The normalized spacial score (nSPS) is 13.5. The van der Waals surface area contributed by atoms with Crippen molar-refractivity contribution in [2.24, 2.45) is 11.7 Å². The molecule has 11 heavy (non-hydrogen) atoms. The van der Waals surface area contributed by atoms with Crippen LogP contribution in [-0.2, 0) is 0 Å². The van der Waals surface area contributed by atoms with Gasteiger partial charge in [-0.2, -0.15) is 0 Å². The Morgan fingerprint density at radius 1 is 1.09 bits per heavy atom. The van der Waals surface area contributed by atoms with Gasteiger partial charge in [-0.3, -0.25) is 0 Å². The monoisotopic (exact) mass is 149 g/mol. The van der Waals surface area contributed by atoms with Crippen LogP contribution in [0.25, 0.3) is 0 Å². The first-order valence-electron chi connectivity index (χ1n) is 4.02. The minimum absolute atomic E-state index is 0.177. The van der Waals surface area contributed by atoms with Gasteiger partial charge >= 0.3 is 0 Å². The lowest BCUT2D eigenvalue weighted by molar-refractivity contribution is 0.514. The van der Waals surface area contributed by atoms with E-state index in [4.69, 9.17) is 5.73 Å². The molecule has 0 spiro atoms. The summed E-state index contributed by atoms with van der Waals surface area (Å²) in [5.41, 5.74) is 7.16. The molecule has 2 N–H and O–H groups in total. The maximum absolute atomic E-state index is 5.94. The Morgan fingerprint density at radius 3 is 2.09 bits per heavy atom. The van der Waals surface area contributed by atoms with Crippen LogP contribution in [0.2, 0.25) is 0 Å². The molecule has 0 aliphatic rings. The molecule has 0 amide bonds. The van der Waals surface area contributed by atoms with E-state index in [-0.39, 0.29) is 6.04 Å². The van der Waals surface area contributed by atoms with Crippen molar-refractivity contribution in [1.29, 1.82) is 0 Å². The van der Waals surface area contributed by atoms with Crippen LogP contribution in [0, 0.1) is 5.92 Å². The van der Waals surface area contributed by atoms with Gasteiger partial charge in [0.25, 0.3) is 0 Å². The predicted molar refractivity (Wildman–Crippen MR) is 48.2 cm³/mol. The number of hydrogen-bond donors (Lipinski definition) is 1. The Morgan fingerprint density at radius 2 is 1.64 bits per heavy atom. The molecule has 0 bridgehead atoms. The Balaban J connectivity index is 2.77. The van der Waals surface area contributed by atoms with Crippen molar-refractivity contribution in [2.45, 2.75) is 19.9 Å². The highest BCUT2D eigenvalue weighted by atomic mass is 14.6. The quantitative estimate of drug-likeness (QED) is 0.686. The van der Waals surface area contributed by atoms with Crippen molar-refractivity contribution in [3.63, 3.8) is 0 Å². The van der Waals surface area contributed by atoms with E-state index >= 15 is 0 Å². The molecule has 0 unspecified atom stereocenters. The van der Waals surface area contributed by atoms with Gasteiger partial charge in [-0.25, -0.2) is 0 Å². The first-order chi connectivity index (χ1) is 5.22. The average molecular weight is 149 g/mol. The molecule has 0 heterocycles. The van der Waals surface area contributed by atoms with Gasteiger partial charge < -0.3 is 5.73 Å². The van der Waals surface area contributed by atoms with Crippen LogP contribution in [0.5, 0.6) is 0 Å². The van der Waals surface area contributed by atoms with Crippen LogP contribution in [0.3, 0.4) is 0 Å². The summed E-state index contributed by atoms with van der Waals surface area (Å²) in [5.74, 6) is 0.511. The summed E-state index contributed by atoms with van der Waals surface area (Å²) in [4.78, 5) is 0. The van der Waals surface area contributed by atoms with Gasteiger partial charge in [0.15, 0.2) is 0 Å². The molecule has 0 saturated carbocycles. The first-order valence-corrected chi connectivity index (χ1v) is 4.02. The smallest absolute Gasteiger partial charge is 0.0318 e. The summed E-state index contributed by atoms with van der Waals surface area (Å²) >= 11 is 0. The van der Waals surface area contributed by atoms with Crippen molar-refractivity contribution in [1.82, 2.24) is 0 Å². The van der Waals surface area contributed by atoms with Crippen molar-refractivity contribution < 1.29 is 0 Å². The van der Waals surface area contributed by atoms with Crippen LogP contribution in [0.4, 0.5) is 0 Å². The van der Waals surface area contributed by atoms with Gasteiger partial charge in [0.2, 0.25) is 0 Å². The molecule has 1 atom stereocenters. The SMILES string of the molecule is CC(C)[C@@H](N)c1ccccc1. The molecular formula is C10H15N. The van der Waals surface area contributed by atoms with Crippen LogP contribution < -0.4 is 5.73 Å². The van der Waals surface area contributed by atoms with Crippen molar-refractivity contribution in [3.05, 3.63) is 35.9 Å². The van der Waals surface area contributed by atoms with E-state index in [0.29, 0.717) is 5.92 Å². The van der Waals surface area contributed by atoms with Gasteiger partial charge in [0.1, 0.15) is 0 Å². The van der Waals surface area contributed by atoms with Gasteiger partial charge in [0.05, 0.1) is 0 Å². The van der Waals surface area contributed by atoms with Gasteiger partial charge in [-0.15, -0.1) is 0 Å². The molecule has 1 aromatic carbocycles. The molecule has 1 nitrogen and oxygen atoms in total. The summed E-state index contributed by atoms with van der Waals surface area (Å²) in [6.07, 6.45) is 0. The van der Waals surface area contributed by atoms with Crippen molar-refractivity contribution in [2.75, 3.05) is 0 Å². The molecule has 0 aliphatic carbocycles. The second kappa shape index (κ2) is 3.54. The number of rotatable bonds is 2. The van der Waals surface area contributed by atoms with Gasteiger partial charge in [0, 0.05) is 6.04 Å². The topological polar surface area (TPSA) is 26.0 Å². The maximum atomic E-state index is 5.94. The Hall–Kier alpha value is -0.820. The summed E-state index contributed by atoms with van der Waals surface area (Å²) in [5, 5.41) is 0. The van der Waals surface area contributed by atoms with Crippen LogP contribution in [0.1, 0.15) is 25.5 Å². The predicted octanol–water partition coefficient (Wildman–Crippen LogP) is 2.34. The summed E-state index contributed by atoms with van der Waals surface area (Å²) < 4.78 is 0. The van der Waals surface area contributed by atoms with Gasteiger partial charge in [-0.1, -0.05) is 44.2 Å². The lowest BCUT2D eigenvalue weighted by atomic mass is 9.97. The van der Waals surface area contributed by atoms with E-state index in [2.05, 4.69) is 26.0 Å². The number of benzene rings is 1.